The molecule has 0 aliphatic carbocycles. The van der Waals surface area contributed by atoms with Crippen LogP contribution in [0.4, 0.5) is 8.78 Å². The highest BCUT2D eigenvalue weighted by Gasteiger charge is 2.30. The van der Waals surface area contributed by atoms with Crippen LogP contribution in [0.1, 0.15) is 19.4 Å². The topological polar surface area (TPSA) is 71.4 Å². The van der Waals surface area contributed by atoms with E-state index in [1.165, 1.54) is 13.8 Å². The zero-order valence-electron chi connectivity index (χ0n) is 10.7. The van der Waals surface area contributed by atoms with Gasteiger partial charge in [0.1, 0.15) is 0 Å². The zero-order valence-corrected chi connectivity index (χ0v) is 11.5. The van der Waals surface area contributed by atoms with Gasteiger partial charge in [-0.25, -0.2) is 17.2 Å². The SMILES string of the molecule is CC(C)(Cc1cc(S(C)(=O)=O)cc(F)c1F)C(=O)O. The van der Waals surface area contributed by atoms with Crippen molar-refractivity contribution in [2.24, 2.45) is 5.41 Å². The Hall–Kier alpha value is -1.50. The second kappa shape index (κ2) is 4.88. The van der Waals surface area contributed by atoms with Gasteiger partial charge < -0.3 is 5.11 Å². The van der Waals surface area contributed by atoms with Crippen molar-refractivity contribution < 1.29 is 27.1 Å². The van der Waals surface area contributed by atoms with Gasteiger partial charge in [0.2, 0.25) is 0 Å². The molecule has 1 aromatic carbocycles. The number of aliphatic carboxylic acids is 1. The van der Waals surface area contributed by atoms with Crippen molar-refractivity contribution in [2.45, 2.75) is 25.2 Å². The van der Waals surface area contributed by atoms with E-state index in [0.29, 0.717) is 6.07 Å². The number of hydrogen-bond donors (Lipinski definition) is 1. The highest BCUT2D eigenvalue weighted by molar-refractivity contribution is 7.90. The summed E-state index contributed by atoms with van der Waals surface area (Å²) >= 11 is 0. The number of sulfone groups is 1. The summed E-state index contributed by atoms with van der Waals surface area (Å²) in [7, 11) is -3.69. The molecule has 0 aromatic heterocycles. The van der Waals surface area contributed by atoms with Gasteiger partial charge >= 0.3 is 5.97 Å². The minimum Gasteiger partial charge on any atom is -0.481 e. The fourth-order valence-electron chi connectivity index (χ4n) is 1.51. The Morgan fingerprint density at radius 3 is 2.26 bits per heavy atom. The van der Waals surface area contributed by atoms with Crippen molar-refractivity contribution in [3.05, 3.63) is 29.3 Å². The van der Waals surface area contributed by atoms with Gasteiger partial charge in [-0.2, -0.15) is 0 Å². The highest BCUT2D eigenvalue weighted by atomic mass is 32.2. The van der Waals surface area contributed by atoms with Gasteiger partial charge in [-0.3, -0.25) is 4.79 Å². The third-order valence-corrected chi connectivity index (χ3v) is 3.81. The van der Waals surface area contributed by atoms with Crippen molar-refractivity contribution in [3.63, 3.8) is 0 Å². The maximum atomic E-state index is 13.6. The molecule has 0 atom stereocenters. The minimum absolute atomic E-state index is 0.271. The summed E-state index contributed by atoms with van der Waals surface area (Å²) in [4.78, 5) is 10.6. The highest BCUT2D eigenvalue weighted by Crippen LogP contribution is 2.27. The van der Waals surface area contributed by atoms with Crippen molar-refractivity contribution in [1.29, 1.82) is 0 Å². The molecule has 7 heteroatoms. The number of carboxylic acids is 1. The number of carboxylic acid groups (broad SMARTS) is 1. The van der Waals surface area contributed by atoms with Gasteiger partial charge in [-0.05, 0) is 38.0 Å². The lowest BCUT2D eigenvalue weighted by Gasteiger charge is -2.19. The number of hydrogen-bond acceptors (Lipinski definition) is 3. The number of benzene rings is 1. The van der Waals surface area contributed by atoms with Gasteiger partial charge in [0.25, 0.3) is 0 Å². The monoisotopic (exact) mass is 292 g/mol. The van der Waals surface area contributed by atoms with Crippen LogP contribution in [0.2, 0.25) is 0 Å². The molecule has 0 spiro atoms. The molecule has 0 heterocycles. The first kappa shape index (κ1) is 15.6. The molecule has 0 aliphatic heterocycles. The van der Waals surface area contributed by atoms with Gasteiger partial charge in [-0.15, -0.1) is 0 Å². The van der Waals surface area contributed by atoms with Crippen molar-refractivity contribution >= 4 is 15.8 Å². The molecule has 0 amide bonds. The van der Waals surface area contributed by atoms with Crippen LogP contribution < -0.4 is 0 Å². The Bertz CT molecular complexity index is 621. The standard InChI is InChI=1S/C12H14F2O4S/c1-12(2,11(15)16)6-7-4-8(19(3,17)18)5-9(13)10(7)14/h4-5H,6H2,1-3H3,(H,15,16). The van der Waals surface area contributed by atoms with Crippen LogP contribution in [0.5, 0.6) is 0 Å². The summed E-state index contributed by atoms with van der Waals surface area (Å²) < 4.78 is 49.6. The van der Waals surface area contributed by atoms with E-state index in [9.17, 15) is 22.0 Å². The molecule has 0 radical (unpaired) electrons. The van der Waals surface area contributed by atoms with Gasteiger partial charge in [0, 0.05) is 6.26 Å². The van der Waals surface area contributed by atoms with Gasteiger partial charge in [0.15, 0.2) is 21.5 Å². The van der Waals surface area contributed by atoms with Crippen molar-refractivity contribution in [2.75, 3.05) is 6.26 Å². The Morgan fingerprint density at radius 2 is 1.84 bits per heavy atom. The summed E-state index contributed by atoms with van der Waals surface area (Å²) in [6.07, 6.45) is 0.556. The summed E-state index contributed by atoms with van der Waals surface area (Å²) in [6.45, 7) is 2.69. The molecule has 19 heavy (non-hydrogen) atoms. The van der Waals surface area contributed by atoms with E-state index in [4.69, 9.17) is 5.11 Å². The van der Waals surface area contributed by atoms with E-state index in [1.807, 2.05) is 0 Å². The van der Waals surface area contributed by atoms with Gasteiger partial charge in [-0.1, -0.05) is 0 Å². The maximum absolute atomic E-state index is 13.6. The average Bonchev–Trinajstić information content (AvgIpc) is 2.22. The molecule has 1 rings (SSSR count). The minimum atomic E-state index is -3.69. The van der Waals surface area contributed by atoms with Crippen LogP contribution in [0.3, 0.4) is 0 Å². The van der Waals surface area contributed by atoms with Crippen molar-refractivity contribution in [1.82, 2.24) is 0 Å². The fraction of sp³-hybridized carbons (Fsp3) is 0.417. The summed E-state index contributed by atoms with van der Waals surface area (Å²) in [5, 5.41) is 8.96. The lowest BCUT2D eigenvalue weighted by atomic mass is 9.86. The number of halogens is 2. The third-order valence-electron chi connectivity index (χ3n) is 2.72. The molecule has 1 aromatic rings. The molecule has 0 saturated heterocycles. The molecular formula is C12H14F2O4S. The first-order chi connectivity index (χ1) is 8.45. The lowest BCUT2D eigenvalue weighted by Crippen LogP contribution is -2.27. The van der Waals surface area contributed by atoms with E-state index >= 15 is 0 Å². The van der Waals surface area contributed by atoms with E-state index in [-0.39, 0.29) is 16.9 Å². The van der Waals surface area contributed by atoms with Crippen LogP contribution in [-0.4, -0.2) is 25.7 Å². The zero-order chi connectivity index (χ0) is 15.0. The second-order valence-corrected chi connectivity index (χ2v) is 7.03. The van der Waals surface area contributed by atoms with E-state index in [0.717, 1.165) is 12.3 Å². The Labute approximate surface area is 110 Å². The first-order valence-corrected chi connectivity index (χ1v) is 7.25. The third kappa shape index (κ3) is 3.50. The Kier molecular flexibility index (Phi) is 4.00. The largest absolute Gasteiger partial charge is 0.481 e. The van der Waals surface area contributed by atoms with Crippen LogP contribution in [0, 0.1) is 17.0 Å². The van der Waals surface area contributed by atoms with Crippen LogP contribution in [0.15, 0.2) is 17.0 Å². The lowest BCUT2D eigenvalue weighted by molar-refractivity contribution is -0.146. The smallest absolute Gasteiger partial charge is 0.309 e. The molecule has 0 saturated carbocycles. The average molecular weight is 292 g/mol. The van der Waals surface area contributed by atoms with Crippen LogP contribution in [-0.2, 0) is 21.1 Å². The van der Waals surface area contributed by atoms with E-state index in [1.54, 1.807) is 0 Å². The molecule has 4 nitrogen and oxygen atoms in total. The van der Waals surface area contributed by atoms with Crippen molar-refractivity contribution in [3.8, 4) is 0 Å². The molecule has 106 valence electrons. The number of carbonyl (C=O) groups is 1. The quantitative estimate of drug-likeness (QED) is 0.862. The van der Waals surface area contributed by atoms with E-state index < -0.39 is 32.9 Å². The van der Waals surface area contributed by atoms with Gasteiger partial charge in [0.05, 0.1) is 10.3 Å². The Morgan fingerprint density at radius 1 is 1.32 bits per heavy atom. The summed E-state index contributed by atoms with van der Waals surface area (Å²) in [6, 6.07) is 1.56. The molecule has 0 unspecified atom stereocenters. The molecule has 0 aliphatic rings. The molecule has 0 bridgehead atoms. The molecular weight excluding hydrogens is 278 g/mol. The molecule has 0 fully saturated rings. The predicted octanol–water partition coefficient (Wildman–Crippen LogP) is 2.02. The maximum Gasteiger partial charge on any atom is 0.309 e. The summed E-state index contributed by atoms with van der Waals surface area (Å²) in [5.74, 6) is -3.71. The fourth-order valence-corrected chi connectivity index (χ4v) is 2.19. The molecule has 1 N–H and O–H groups in total. The van der Waals surface area contributed by atoms with Crippen LogP contribution in [0.25, 0.3) is 0 Å². The predicted molar refractivity (Wildman–Crippen MR) is 64.6 cm³/mol. The Balaban J connectivity index is 3.36. The van der Waals surface area contributed by atoms with E-state index in [2.05, 4.69) is 0 Å². The van der Waals surface area contributed by atoms with Crippen LogP contribution >= 0.6 is 0 Å². The normalized spacial score (nSPS) is 12.5. The second-order valence-electron chi connectivity index (χ2n) is 5.02. The first-order valence-electron chi connectivity index (χ1n) is 5.36. The number of rotatable bonds is 4. The summed E-state index contributed by atoms with van der Waals surface area (Å²) in [5.41, 5.74) is -1.60.